The average Bonchev–Trinajstić information content (AvgIpc) is 2.34. The lowest BCUT2D eigenvalue weighted by atomic mass is 9.98. The van der Waals surface area contributed by atoms with E-state index in [9.17, 15) is 4.79 Å². The van der Waals surface area contributed by atoms with E-state index in [0.29, 0.717) is 12.7 Å². The molecule has 0 radical (unpaired) electrons. The quantitative estimate of drug-likeness (QED) is 0.724. The van der Waals surface area contributed by atoms with Crippen molar-refractivity contribution < 1.29 is 14.3 Å². The van der Waals surface area contributed by atoms with Gasteiger partial charge in [0.05, 0.1) is 19.8 Å². The summed E-state index contributed by atoms with van der Waals surface area (Å²) in [6.07, 6.45) is 6.36. The molecule has 0 aromatic rings. The molecule has 17 heavy (non-hydrogen) atoms. The van der Waals surface area contributed by atoms with Crippen LogP contribution in [0.1, 0.15) is 46.0 Å². The van der Waals surface area contributed by atoms with Gasteiger partial charge in [0.15, 0.2) is 0 Å². The van der Waals surface area contributed by atoms with Crippen LogP contribution in [0, 0.1) is 0 Å². The third kappa shape index (κ3) is 5.50. The van der Waals surface area contributed by atoms with Crippen molar-refractivity contribution in [2.75, 3.05) is 13.7 Å². The van der Waals surface area contributed by atoms with Gasteiger partial charge < -0.3 is 14.8 Å². The summed E-state index contributed by atoms with van der Waals surface area (Å²) in [7, 11) is 1.41. The molecule has 4 nitrogen and oxygen atoms in total. The zero-order chi connectivity index (χ0) is 12.7. The van der Waals surface area contributed by atoms with E-state index in [1.54, 1.807) is 0 Å². The third-order valence-corrected chi connectivity index (χ3v) is 3.07. The van der Waals surface area contributed by atoms with Crippen molar-refractivity contribution in [2.24, 2.45) is 0 Å². The van der Waals surface area contributed by atoms with Gasteiger partial charge in [0.25, 0.3) is 0 Å². The minimum absolute atomic E-state index is 0.241. The van der Waals surface area contributed by atoms with Crippen molar-refractivity contribution in [3.63, 3.8) is 0 Å². The Labute approximate surface area is 104 Å². The molecule has 0 aromatic heterocycles. The number of carbonyl (C=O) groups excluding carboxylic acids is 1. The molecule has 4 heteroatoms. The fourth-order valence-electron chi connectivity index (χ4n) is 2.19. The van der Waals surface area contributed by atoms with Gasteiger partial charge in [-0.3, -0.25) is 4.79 Å². The van der Waals surface area contributed by atoms with Crippen LogP contribution in [0.15, 0.2) is 0 Å². The van der Waals surface area contributed by atoms with Crippen molar-refractivity contribution in [3.05, 3.63) is 0 Å². The number of hydrogen-bond acceptors (Lipinski definition) is 4. The summed E-state index contributed by atoms with van der Waals surface area (Å²) in [5, 5.41) is 3.17. The number of rotatable bonds is 6. The monoisotopic (exact) mass is 243 g/mol. The van der Waals surface area contributed by atoms with E-state index in [2.05, 4.69) is 5.32 Å². The standard InChI is InChI=1S/C13H25NO3/c1-10(2)14-12(13(15)16-3)9-17-11-7-5-4-6-8-11/h10-12,14H,4-9H2,1-3H3. The zero-order valence-electron chi connectivity index (χ0n) is 11.2. The Kier molecular flexibility index (Phi) is 6.52. The molecule has 1 atom stereocenters. The van der Waals surface area contributed by atoms with Crippen LogP contribution >= 0.6 is 0 Å². The molecule has 0 heterocycles. The molecule has 100 valence electrons. The molecule has 0 amide bonds. The number of hydrogen-bond donors (Lipinski definition) is 1. The topological polar surface area (TPSA) is 47.6 Å². The third-order valence-electron chi connectivity index (χ3n) is 3.07. The van der Waals surface area contributed by atoms with E-state index in [-0.39, 0.29) is 18.1 Å². The lowest BCUT2D eigenvalue weighted by molar-refractivity contribution is -0.145. The van der Waals surface area contributed by atoms with Gasteiger partial charge >= 0.3 is 5.97 Å². The van der Waals surface area contributed by atoms with Gasteiger partial charge in [-0.2, -0.15) is 0 Å². The smallest absolute Gasteiger partial charge is 0.325 e. The summed E-state index contributed by atoms with van der Waals surface area (Å²) in [4.78, 5) is 11.6. The SMILES string of the molecule is COC(=O)C(COC1CCCCC1)NC(C)C. The number of methoxy groups -OCH3 is 1. The van der Waals surface area contributed by atoms with Gasteiger partial charge in [0.1, 0.15) is 6.04 Å². The molecule has 1 aliphatic carbocycles. The van der Waals surface area contributed by atoms with Gasteiger partial charge in [0, 0.05) is 6.04 Å². The van der Waals surface area contributed by atoms with Crippen molar-refractivity contribution in [1.29, 1.82) is 0 Å². The molecule has 0 bridgehead atoms. The largest absolute Gasteiger partial charge is 0.468 e. The second-order valence-electron chi connectivity index (χ2n) is 4.99. The lowest BCUT2D eigenvalue weighted by Gasteiger charge is -2.25. The van der Waals surface area contributed by atoms with Crippen molar-refractivity contribution in [2.45, 2.75) is 64.1 Å². The van der Waals surface area contributed by atoms with Crippen molar-refractivity contribution in [1.82, 2.24) is 5.32 Å². The van der Waals surface area contributed by atoms with Gasteiger partial charge in [-0.05, 0) is 12.8 Å². The second kappa shape index (κ2) is 7.67. The predicted octanol–water partition coefficient (Wildman–Crippen LogP) is 1.88. The Balaban J connectivity index is 2.34. The molecule has 1 fully saturated rings. The van der Waals surface area contributed by atoms with Gasteiger partial charge in [-0.15, -0.1) is 0 Å². The number of esters is 1. The van der Waals surface area contributed by atoms with Crippen LogP contribution in [0.2, 0.25) is 0 Å². The zero-order valence-corrected chi connectivity index (χ0v) is 11.2. The molecular weight excluding hydrogens is 218 g/mol. The van der Waals surface area contributed by atoms with Crippen molar-refractivity contribution in [3.8, 4) is 0 Å². The summed E-state index contributed by atoms with van der Waals surface area (Å²) in [6.45, 7) is 4.43. The molecule has 1 rings (SSSR count). The Morgan fingerprint density at radius 1 is 1.29 bits per heavy atom. The normalized spacial score (nSPS) is 19.3. The average molecular weight is 243 g/mol. The van der Waals surface area contributed by atoms with Crippen LogP contribution in [-0.4, -0.2) is 37.9 Å². The fourth-order valence-corrected chi connectivity index (χ4v) is 2.19. The van der Waals surface area contributed by atoms with Crippen LogP contribution < -0.4 is 5.32 Å². The van der Waals surface area contributed by atoms with Crippen LogP contribution in [-0.2, 0) is 14.3 Å². The maximum absolute atomic E-state index is 11.6. The Morgan fingerprint density at radius 3 is 2.47 bits per heavy atom. The number of ether oxygens (including phenoxy) is 2. The summed E-state index contributed by atoms with van der Waals surface area (Å²) < 4.78 is 10.6. The highest BCUT2D eigenvalue weighted by Gasteiger charge is 2.22. The minimum atomic E-state index is -0.345. The highest BCUT2D eigenvalue weighted by atomic mass is 16.5. The van der Waals surface area contributed by atoms with Gasteiger partial charge in [-0.1, -0.05) is 33.1 Å². The van der Waals surface area contributed by atoms with E-state index in [0.717, 1.165) is 12.8 Å². The van der Waals surface area contributed by atoms with Crippen LogP contribution in [0.5, 0.6) is 0 Å². The van der Waals surface area contributed by atoms with Crippen LogP contribution in [0.4, 0.5) is 0 Å². The lowest BCUT2D eigenvalue weighted by Crippen LogP contribution is -2.45. The second-order valence-corrected chi connectivity index (χ2v) is 4.99. The molecule has 1 saturated carbocycles. The first-order valence-corrected chi connectivity index (χ1v) is 6.59. The van der Waals surface area contributed by atoms with Gasteiger partial charge in [0.2, 0.25) is 0 Å². The predicted molar refractivity (Wildman–Crippen MR) is 66.9 cm³/mol. The van der Waals surface area contributed by atoms with Crippen molar-refractivity contribution >= 4 is 5.97 Å². The van der Waals surface area contributed by atoms with E-state index >= 15 is 0 Å². The Morgan fingerprint density at radius 2 is 1.94 bits per heavy atom. The number of nitrogens with one attached hydrogen (secondary N) is 1. The molecule has 0 spiro atoms. The molecule has 1 aliphatic rings. The van der Waals surface area contributed by atoms with E-state index < -0.39 is 0 Å². The van der Waals surface area contributed by atoms with E-state index in [1.807, 2.05) is 13.8 Å². The fraction of sp³-hybridized carbons (Fsp3) is 0.923. The minimum Gasteiger partial charge on any atom is -0.468 e. The van der Waals surface area contributed by atoms with E-state index in [4.69, 9.17) is 9.47 Å². The summed E-state index contributed by atoms with van der Waals surface area (Å²) >= 11 is 0. The van der Waals surface area contributed by atoms with Crippen LogP contribution in [0.25, 0.3) is 0 Å². The highest BCUT2D eigenvalue weighted by Crippen LogP contribution is 2.20. The summed E-state index contributed by atoms with van der Waals surface area (Å²) in [6, 6.07) is -0.101. The molecule has 0 aromatic carbocycles. The Hall–Kier alpha value is -0.610. The summed E-state index contributed by atoms with van der Waals surface area (Å²) in [5.74, 6) is -0.241. The first kappa shape index (κ1) is 14.5. The maximum atomic E-state index is 11.6. The molecular formula is C13H25NO3. The highest BCUT2D eigenvalue weighted by molar-refractivity contribution is 5.75. The first-order valence-electron chi connectivity index (χ1n) is 6.59. The Bertz CT molecular complexity index is 225. The maximum Gasteiger partial charge on any atom is 0.325 e. The molecule has 0 saturated heterocycles. The molecule has 1 N–H and O–H groups in total. The number of carbonyl (C=O) groups is 1. The first-order chi connectivity index (χ1) is 8.13. The molecule has 1 unspecified atom stereocenters. The van der Waals surface area contributed by atoms with E-state index in [1.165, 1.54) is 26.4 Å². The molecule has 0 aliphatic heterocycles. The van der Waals surface area contributed by atoms with Crippen LogP contribution in [0.3, 0.4) is 0 Å². The summed E-state index contributed by atoms with van der Waals surface area (Å²) in [5.41, 5.74) is 0. The van der Waals surface area contributed by atoms with Gasteiger partial charge in [-0.25, -0.2) is 0 Å².